The molecule has 1 rings (SSSR count). The number of aromatic nitrogens is 2. The van der Waals surface area contributed by atoms with Gasteiger partial charge in [-0.3, -0.25) is 4.79 Å². The lowest BCUT2D eigenvalue weighted by atomic mass is 10.2. The van der Waals surface area contributed by atoms with E-state index in [1.54, 1.807) is 13.2 Å². The summed E-state index contributed by atoms with van der Waals surface area (Å²) in [5.74, 6) is 1.08. The number of nitrogens with zero attached hydrogens (tertiary/aromatic N) is 3. The van der Waals surface area contributed by atoms with Crippen LogP contribution < -0.4 is 10.5 Å². The first-order valence-electron chi connectivity index (χ1n) is 5.42. The van der Waals surface area contributed by atoms with Crippen molar-refractivity contribution >= 4 is 29.1 Å². The van der Waals surface area contributed by atoms with Gasteiger partial charge in [-0.1, -0.05) is 11.6 Å². The molecule has 0 aromatic carbocycles. The molecule has 6 heteroatoms. The second kappa shape index (κ2) is 6.31. The predicted molar refractivity (Wildman–Crippen MR) is 75.4 cm³/mol. The fourth-order valence-corrected chi connectivity index (χ4v) is 2.35. The van der Waals surface area contributed by atoms with E-state index in [0.29, 0.717) is 11.7 Å². The molecule has 1 aromatic heterocycles. The molecule has 0 radical (unpaired) electrons. The Bertz CT molecular complexity index is 435. The zero-order valence-electron chi connectivity index (χ0n) is 10.6. The molecule has 0 saturated heterocycles. The summed E-state index contributed by atoms with van der Waals surface area (Å²) in [5.41, 5.74) is 0.441. The highest BCUT2D eigenvalue weighted by Crippen LogP contribution is 2.22. The summed E-state index contributed by atoms with van der Waals surface area (Å²) in [6.45, 7) is 2.12. The molecule has 0 aliphatic heterocycles. The van der Waals surface area contributed by atoms with Gasteiger partial charge in [0, 0.05) is 20.1 Å². The average molecular weight is 276 g/mol. The highest BCUT2D eigenvalue weighted by atomic mass is 35.5. The number of hydrogen-bond donors (Lipinski definition) is 0. The van der Waals surface area contributed by atoms with Gasteiger partial charge in [-0.25, -0.2) is 4.68 Å². The largest absolute Gasteiger partial charge is 0.369 e. The van der Waals surface area contributed by atoms with Gasteiger partial charge in [0.25, 0.3) is 5.56 Å². The predicted octanol–water partition coefficient (Wildman–Crippen LogP) is 2.01. The third-order valence-electron chi connectivity index (χ3n) is 2.84. The van der Waals surface area contributed by atoms with E-state index in [4.69, 9.17) is 11.6 Å². The summed E-state index contributed by atoms with van der Waals surface area (Å²) in [7, 11) is 3.53. The van der Waals surface area contributed by atoms with E-state index in [2.05, 4.69) is 18.3 Å². The molecule has 0 spiro atoms. The standard InChI is InChI=1S/C11H18ClN3OS/c1-8(5-6-17-4)14(2)9-7-13-15(3)11(16)10(9)12/h7-8H,5-6H2,1-4H3/t8-/m1/s1. The van der Waals surface area contributed by atoms with Crippen LogP contribution in [0.2, 0.25) is 5.02 Å². The summed E-state index contributed by atoms with van der Waals surface area (Å²) in [4.78, 5) is 13.7. The number of hydrogen-bond acceptors (Lipinski definition) is 4. The van der Waals surface area contributed by atoms with Gasteiger partial charge in [0.05, 0.1) is 11.9 Å². The van der Waals surface area contributed by atoms with Crippen molar-refractivity contribution in [3.8, 4) is 0 Å². The first-order valence-corrected chi connectivity index (χ1v) is 7.19. The highest BCUT2D eigenvalue weighted by Gasteiger charge is 2.15. The van der Waals surface area contributed by atoms with Crippen LogP contribution in [-0.2, 0) is 7.05 Å². The van der Waals surface area contributed by atoms with Crippen molar-refractivity contribution < 1.29 is 0 Å². The molecule has 0 saturated carbocycles. The lowest BCUT2D eigenvalue weighted by Gasteiger charge is -2.27. The molecule has 0 N–H and O–H groups in total. The van der Waals surface area contributed by atoms with Crippen molar-refractivity contribution in [2.75, 3.05) is 24.0 Å². The Hall–Kier alpha value is -0.680. The summed E-state index contributed by atoms with van der Waals surface area (Å²) in [6, 6.07) is 0.328. The molecular formula is C11H18ClN3OS. The maximum Gasteiger partial charge on any atom is 0.287 e. The lowest BCUT2D eigenvalue weighted by molar-refractivity contribution is 0.655. The Balaban J connectivity index is 2.93. The van der Waals surface area contributed by atoms with Crippen LogP contribution in [0.4, 0.5) is 5.69 Å². The molecule has 1 atom stereocenters. The molecule has 17 heavy (non-hydrogen) atoms. The van der Waals surface area contributed by atoms with Crippen molar-refractivity contribution in [3.05, 3.63) is 21.6 Å². The summed E-state index contributed by atoms with van der Waals surface area (Å²) in [5, 5.41) is 4.23. The third-order valence-corrected chi connectivity index (χ3v) is 3.84. The van der Waals surface area contributed by atoms with Crippen molar-refractivity contribution in [2.45, 2.75) is 19.4 Å². The molecular weight excluding hydrogens is 258 g/mol. The number of halogens is 1. The van der Waals surface area contributed by atoms with Crippen molar-refractivity contribution in [3.63, 3.8) is 0 Å². The van der Waals surface area contributed by atoms with Crippen molar-refractivity contribution in [2.24, 2.45) is 7.05 Å². The quantitative estimate of drug-likeness (QED) is 0.824. The molecule has 96 valence electrons. The fraction of sp³-hybridized carbons (Fsp3) is 0.636. The third kappa shape index (κ3) is 3.39. The average Bonchev–Trinajstić information content (AvgIpc) is 2.32. The van der Waals surface area contributed by atoms with Crippen LogP contribution in [0.25, 0.3) is 0 Å². The smallest absolute Gasteiger partial charge is 0.287 e. The van der Waals surface area contributed by atoms with E-state index in [1.807, 2.05) is 23.7 Å². The van der Waals surface area contributed by atoms with Crippen LogP contribution in [-0.4, -0.2) is 34.9 Å². The van der Waals surface area contributed by atoms with Crippen molar-refractivity contribution in [1.29, 1.82) is 0 Å². The van der Waals surface area contributed by atoms with E-state index in [1.165, 1.54) is 4.68 Å². The van der Waals surface area contributed by atoms with Gasteiger partial charge in [0.1, 0.15) is 5.02 Å². The molecule has 0 unspecified atom stereocenters. The van der Waals surface area contributed by atoms with Crippen LogP contribution in [0.3, 0.4) is 0 Å². The molecule has 0 amide bonds. The lowest BCUT2D eigenvalue weighted by Crippen LogP contribution is -2.32. The Labute approximate surface area is 111 Å². The normalized spacial score (nSPS) is 12.5. The molecule has 0 bridgehead atoms. The minimum Gasteiger partial charge on any atom is -0.369 e. The molecule has 1 aromatic rings. The monoisotopic (exact) mass is 275 g/mol. The fourth-order valence-electron chi connectivity index (χ4n) is 1.47. The van der Waals surface area contributed by atoms with Crippen LogP contribution >= 0.6 is 23.4 Å². The van der Waals surface area contributed by atoms with E-state index in [9.17, 15) is 4.79 Å². The van der Waals surface area contributed by atoms with Crippen LogP contribution in [0.5, 0.6) is 0 Å². The first-order chi connectivity index (χ1) is 7.99. The number of anilines is 1. The zero-order chi connectivity index (χ0) is 13.0. The Morgan fingerprint density at radius 1 is 1.65 bits per heavy atom. The van der Waals surface area contributed by atoms with Crippen LogP contribution in [0, 0.1) is 0 Å². The maximum atomic E-state index is 11.7. The number of aryl methyl sites for hydroxylation is 1. The van der Waals surface area contributed by atoms with E-state index < -0.39 is 0 Å². The summed E-state index contributed by atoms with van der Waals surface area (Å²) >= 11 is 7.86. The molecule has 1 heterocycles. The van der Waals surface area contributed by atoms with E-state index >= 15 is 0 Å². The number of thioether (sulfide) groups is 1. The maximum absolute atomic E-state index is 11.7. The number of rotatable bonds is 5. The van der Waals surface area contributed by atoms with E-state index in [-0.39, 0.29) is 10.6 Å². The molecule has 0 aliphatic carbocycles. The molecule has 0 fully saturated rings. The van der Waals surface area contributed by atoms with E-state index in [0.717, 1.165) is 12.2 Å². The van der Waals surface area contributed by atoms with Gasteiger partial charge in [-0.2, -0.15) is 16.9 Å². The summed E-state index contributed by atoms with van der Waals surface area (Å²) < 4.78 is 1.24. The van der Waals surface area contributed by atoms with Gasteiger partial charge in [0.2, 0.25) is 0 Å². The zero-order valence-corrected chi connectivity index (χ0v) is 12.2. The van der Waals surface area contributed by atoms with Crippen molar-refractivity contribution in [1.82, 2.24) is 9.78 Å². The van der Waals surface area contributed by atoms with Gasteiger partial charge < -0.3 is 4.90 Å². The van der Waals surface area contributed by atoms with Crippen LogP contribution in [0.1, 0.15) is 13.3 Å². The topological polar surface area (TPSA) is 38.1 Å². The van der Waals surface area contributed by atoms with Gasteiger partial charge in [-0.15, -0.1) is 0 Å². The summed E-state index contributed by atoms with van der Waals surface area (Å²) in [6.07, 6.45) is 4.77. The Morgan fingerprint density at radius 3 is 2.88 bits per heavy atom. The Kier molecular flexibility index (Phi) is 5.33. The van der Waals surface area contributed by atoms with Gasteiger partial charge >= 0.3 is 0 Å². The second-order valence-electron chi connectivity index (χ2n) is 4.01. The first kappa shape index (κ1) is 14.4. The van der Waals surface area contributed by atoms with Gasteiger partial charge in [-0.05, 0) is 25.4 Å². The minimum absolute atomic E-state index is 0.237. The highest BCUT2D eigenvalue weighted by molar-refractivity contribution is 7.98. The molecule has 4 nitrogen and oxygen atoms in total. The SMILES string of the molecule is CSCC[C@@H](C)N(C)c1cnn(C)c(=O)c1Cl. The minimum atomic E-state index is -0.256. The van der Waals surface area contributed by atoms with Gasteiger partial charge in [0.15, 0.2) is 0 Å². The second-order valence-corrected chi connectivity index (χ2v) is 5.38. The Morgan fingerprint density at radius 2 is 2.29 bits per heavy atom. The van der Waals surface area contributed by atoms with Crippen LogP contribution in [0.15, 0.2) is 11.0 Å². The molecule has 0 aliphatic rings.